The van der Waals surface area contributed by atoms with Crippen molar-refractivity contribution in [2.45, 2.75) is 207 Å². The van der Waals surface area contributed by atoms with E-state index in [-0.39, 0.29) is 11.4 Å². The second kappa shape index (κ2) is 24.8. The van der Waals surface area contributed by atoms with Crippen LogP contribution in [0.25, 0.3) is 32.6 Å². The number of hydrogen-bond acceptors (Lipinski definition) is 4. The Morgan fingerprint density at radius 1 is 0.352 bits per heavy atom. The zero-order valence-corrected chi connectivity index (χ0v) is 34.9. The number of benzene rings is 3. The fourth-order valence-electron chi connectivity index (χ4n) is 8.50. The second-order valence-electron chi connectivity index (χ2n) is 16.2. The van der Waals surface area contributed by atoms with Gasteiger partial charge in [-0.05, 0) is 96.5 Å². The number of nitrogens with zero attached hydrogens (tertiary/aromatic N) is 4. The van der Waals surface area contributed by atoms with Crippen LogP contribution in [-0.2, 0) is 25.7 Å². The van der Waals surface area contributed by atoms with Crippen LogP contribution >= 0.6 is 0 Å². The van der Waals surface area contributed by atoms with Gasteiger partial charge in [0.1, 0.15) is 12.1 Å². The number of nitriles is 2. The molecule has 0 aliphatic rings. The SMILES string of the molecule is CCCCCCCCCCc1cc2c3cc(CCCCCC)c(CCCCCC)cc3c3nc(C#N)c(C#N)nc3c2cc1CCCCCCCCCC. The van der Waals surface area contributed by atoms with Crippen LogP contribution in [0.15, 0.2) is 24.3 Å². The molecule has 0 saturated carbocycles. The van der Waals surface area contributed by atoms with E-state index in [2.05, 4.69) is 64.1 Å². The van der Waals surface area contributed by atoms with Gasteiger partial charge in [0.05, 0.1) is 11.0 Å². The van der Waals surface area contributed by atoms with Crippen LogP contribution in [0.2, 0.25) is 0 Å². The fourth-order valence-corrected chi connectivity index (χ4v) is 8.50. The highest BCUT2D eigenvalue weighted by Gasteiger charge is 2.19. The Labute approximate surface area is 329 Å². The molecule has 0 amide bonds. The minimum Gasteiger partial charge on any atom is -0.232 e. The van der Waals surface area contributed by atoms with Gasteiger partial charge in [0, 0.05) is 10.8 Å². The first-order valence-corrected chi connectivity index (χ1v) is 22.6. The number of rotatable bonds is 28. The average Bonchev–Trinajstić information content (AvgIpc) is 3.19. The summed E-state index contributed by atoms with van der Waals surface area (Å²) in [5.41, 5.74) is 7.64. The Hall–Kier alpha value is -3.50. The summed E-state index contributed by atoms with van der Waals surface area (Å²) in [4.78, 5) is 9.87. The van der Waals surface area contributed by atoms with Gasteiger partial charge >= 0.3 is 0 Å². The maximum absolute atomic E-state index is 10.1. The molecule has 54 heavy (non-hydrogen) atoms. The molecule has 4 aromatic rings. The van der Waals surface area contributed by atoms with Gasteiger partial charge in [-0.1, -0.05) is 168 Å². The molecule has 0 aliphatic heterocycles. The summed E-state index contributed by atoms with van der Waals surface area (Å²) < 4.78 is 0. The number of unbranched alkanes of at least 4 members (excludes halogenated alkanes) is 20. The van der Waals surface area contributed by atoms with Gasteiger partial charge in [-0.3, -0.25) is 0 Å². The van der Waals surface area contributed by atoms with Crippen LogP contribution in [0.1, 0.15) is 215 Å². The molecule has 0 aliphatic carbocycles. The highest BCUT2D eigenvalue weighted by Crippen LogP contribution is 2.38. The number of fused-ring (bicyclic) bond motifs is 6. The Balaban J connectivity index is 1.81. The van der Waals surface area contributed by atoms with Gasteiger partial charge in [-0.25, -0.2) is 9.97 Å². The largest absolute Gasteiger partial charge is 0.232 e. The van der Waals surface area contributed by atoms with E-state index in [1.54, 1.807) is 0 Å². The van der Waals surface area contributed by atoms with E-state index in [1.165, 1.54) is 187 Å². The van der Waals surface area contributed by atoms with E-state index in [0.717, 1.165) is 47.5 Å². The van der Waals surface area contributed by atoms with Gasteiger partial charge in [0.25, 0.3) is 0 Å². The van der Waals surface area contributed by atoms with Crippen molar-refractivity contribution in [1.29, 1.82) is 10.5 Å². The Bertz CT molecular complexity index is 1810. The third-order valence-electron chi connectivity index (χ3n) is 11.8. The van der Waals surface area contributed by atoms with E-state index in [4.69, 9.17) is 9.97 Å². The molecule has 0 radical (unpaired) electrons. The van der Waals surface area contributed by atoms with Gasteiger partial charge in [0.2, 0.25) is 0 Å². The van der Waals surface area contributed by atoms with Gasteiger partial charge in [0.15, 0.2) is 11.4 Å². The summed E-state index contributed by atoms with van der Waals surface area (Å²) in [5, 5.41) is 24.8. The lowest BCUT2D eigenvalue weighted by Crippen LogP contribution is -2.02. The van der Waals surface area contributed by atoms with Gasteiger partial charge in [-0.15, -0.1) is 0 Å². The summed E-state index contributed by atoms with van der Waals surface area (Å²) in [6.07, 6.45) is 35.4. The molecule has 0 atom stereocenters. The molecule has 0 saturated heterocycles. The standard InChI is InChI=1S/C50H72N4/c1-5-9-13-17-19-21-23-27-31-40-34-44-43-33-39(29-25-15-11-7-3)41(30-26-16-12-8-4)35-45(43)49-50(54-48(38-52)47(37-51)53-49)46(44)36-42(40)32-28-24-22-20-18-14-10-6-2/h33-36H,5-32H2,1-4H3. The lowest BCUT2D eigenvalue weighted by molar-refractivity contribution is 0.571. The fraction of sp³-hybridized carbons (Fsp3) is 0.640. The van der Waals surface area contributed by atoms with Crippen molar-refractivity contribution >= 4 is 32.6 Å². The summed E-state index contributed by atoms with van der Waals surface area (Å²) in [5.74, 6) is 0. The Kier molecular flexibility index (Phi) is 19.9. The first kappa shape index (κ1) is 43.2. The van der Waals surface area contributed by atoms with E-state index < -0.39 is 0 Å². The van der Waals surface area contributed by atoms with Crippen molar-refractivity contribution in [3.8, 4) is 12.1 Å². The topological polar surface area (TPSA) is 73.4 Å². The molecule has 1 heterocycles. The maximum atomic E-state index is 10.1. The molecular formula is C50H72N4. The molecule has 0 fully saturated rings. The van der Waals surface area contributed by atoms with Crippen molar-refractivity contribution in [2.24, 2.45) is 0 Å². The van der Waals surface area contributed by atoms with Crippen molar-refractivity contribution < 1.29 is 0 Å². The number of aromatic nitrogens is 2. The summed E-state index contributed by atoms with van der Waals surface area (Å²) >= 11 is 0. The van der Waals surface area contributed by atoms with E-state index in [9.17, 15) is 10.5 Å². The zero-order chi connectivity index (χ0) is 38.4. The molecule has 4 nitrogen and oxygen atoms in total. The van der Waals surface area contributed by atoms with Gasteiger partial charge in [-0.2, -0.15) is 10.5 Å². The number of aryl methyl sites for hydroxylation is 4. The van der Waals surface area contributed by atoms with Crippen LogP contribution in [-0.4, -0.2) is 9.97 Å². The monoisotopic (exact) mass is 729 g/mol. The van der Waals surface area contributed by atoms with E-state index in [1.807, 2.05) is 0 Å². The zero-order valence-electron chi connectivity index (χ0n) is 34.9. The lowest BCUT2D eigenvalue weighted by Gasteiger charge is -2.18. The van der Waals surface area contributed by atoms with Crippen molar-refractivity contribution in [2.75, 3.05) is 0 Å². The van der Waals surface area contributed by atoms with Crippen LogP contribution in [0.5, 0.6) is 0 Å². The quantitative estimate of drug-likeness (QED) is 0.0431. The van der Waals surface area contributed by atoms with Crippen molar-refractivity contribution in [3.63, 3.8) is 0 Å². The Morgan fingerprint density at radius 3 is 0.870 bits per heavy atom. The maximum Gasteiger partial charge on any atom is 0.177 e. The van der Waals surface area contributed by atoms with Crippen molar-refractivity contribution in [1.82, 2.24) is 9.97 Å². The summed E-state index contributed by atoms with van der Waals surface area (Å²) in [6.45, 7) is 9.14. The molecule has 0 spiro atoms. The summed E-state index contributed by atoms with van der Waals surface area (Å²) in [7, 11) is 0. The van der Waals surface area contributed by atoms with Crippen LogP contribution in [0.3, 0.4) is 0 Å². The summed E-state index contributed by atoms with van der Waals surface area (Å²) in [6, 6.07) is 14.2. The molecule has 0 N–H and O–H groups in total. The van der Waals surface area contributed by atoms with E-state index >= 15 is 0 Å². The molecule has 4 rings (SSSR count). The molecule has 0 bridgehead atoms. The third-order valence-corrected chi connectivity index (χ3v) is 11.8. The molecule has 4 heteroatoms. The van der Waals surface area contributed by atoms with Gasteiger partial charge < -0.3 is 0 Å². The normalized spacial score (nSPS) is 11.5. The molecule has 1 aromatic heterocycles. The van der Waals surface area contributed by atoms with Crippen molar-refractivity contribution in [3.05, 3.63) is 57.9 Å². The number of hydrogen-bond donors (Lipinski definition) is 0. The third kappa shape index (κ3) is 12.8. The predicted molar refractivity (Wildman–Crippen MR) is 232 cm³/mol. The molecule has 3 aromatic carbocycles. The smallest absolute Gasteiger partial charge is 0.177 e. The van der Waals surface area contributed by atoms with Crippen LogP contribution < -0.4 is 0 Å². The molecule has 0 unspecified atom stereocenters. The average molecular weight is 729 g/mol. The van der Waals surface area contributed by atoms with Crippen LogP contribution in [0, 0.1) is 22.7 Å². The predicted octanol–water partition coefficient (Wildman–Crippen LogP) is 15.3. The second-order valence-corrected chi connectivity index (χ2v) is 16.2. The molecular weight excluding hydrogens is 657 g/mol. The minimum atomic E-state index is 0.129. The Morgan fingerprint density at radius 2 is 0.593 bits per heavy atom. The lowest BCUT2D eigenvalue weighted by atomic mass is 9.87. The first-order chi connectivity index (χ1) is 26.6. The molecule has 292 valence electrons. The minimum absolute atomic E-state index is 0.129. The highest BCUT2D eigenvalue weighted by atomic mass is 14.8. The first-order valence-electron chi connectivity index (χ1n) is 22.6. The highest BCUT2D eigenvalue weighted by molar-refractivity contribution is 6.23. The van der Waals surface area contributed by atoms with E-state index in [0.29, 0.717) is 0 Å². The van der Waals surface area contributed by atoms with Crippen LogP contribution in [0.4, 0.5) is 0 Å².